The number of nitrogens with zero attached hydrogens (tertiary/aromatic N) is 3. The van der Waals surface area contributed by atoms with Crippen molar-refractivity contribution in [3.63, 3.8) is 0 Å². The van der Waals surface area contributed by atoms with Gasteiger partial charge in [0.15, 0.2) is 0 Å². The highest BCUT2D eigenvalue weighted by Gasteiger charge is 2.15. The maximum Gasteiger partial charge on any atom is 0.225 e. The van der Waals surface area contributed by atoms with Gasteiger partial charge in [-0.25, -0.2) is 9.97 Å². The minimum atomic E-state index is 0.686. The summed E-state index contributed by atoms with van der Waals surface area (Å²) in [7, 11) is 0. The van der Waals surface area contributed by atoms with Crippen LogP contribution in [-0.4, -0.2) is 29.6 Å². The molecule has 4 heteroatoms. The van der Waals surface area contributed by atoms with Crippen molar-refractivity contribution in [2.45, 2.75) is 19.3 Å². The van der Waals surface area contributed by atoms with Gasteiger partial charge in [0.1, 0.15) is 0 Å². The minimum Gasteiger partial charge on any atom is -0.341 e. The number of aromatic nitrogens is 2. The Balaban J connectivity index is 1.83. The molecule has 0 unspecified atom stereocenters. The molecule has 0 radical (unpaired) electrons. The lowest BCUT2D eigenvalue weighted by atomic mass is 10.1. The smallest absolute Gasteiger partial charge is 0.225 e. The number of hydrogen-bond donors (Lipinski definition) is 1. The molecule has 104 valence electrons. The molecule has 4 nitrogen and oxygen atoms in total. The predicted octanol–water partition coefficient (Wildman–Crippen LogP) is 2.25. The van der Waals surface area contributed by atoms with Crippen LogP contribution in [0.5, 0.6) is 0 Å². The van der Waals surface area contributed by atoms with E-state index in [4.69, 9.17) is 10.7 Å². The summed E-state index contributed by atoms with van der Waals surface area (Å²) in [4.78, 5) is 11.3. The van der Waals surface area contributed by atoms with Gasteiger partial charge in [-0.15, -0.1) is 0 Å². The van der Waals surface area contributed by atoms with Crippen molar-refractivity contribution in [3.8, 4) is 11.3 Å². The van der Waals surface area contributed by atoms with Gasteiger partial charge in [-0.3, -0.25) is 0 Å². The van der Waals surface area contributed by atoms with Crippen molar-refractivity contribution in [2.24, 2.45) is 5.73 Å². The largest absolute Gasteiger partial charge is 0.341 e. The Morgan fingerprint density at radius 1 is 1.05 bits per heavy atom. The van der Waals surface area contributed by atoms with Crippen molar-refractivity contribution < 1.29 is 0 Å². The van der Waals surface area contributed by atoms with Crippen molar-refractivity contribution in [1.82, 2.24) is 9.97 Å². The van der Waals surface area contributed by atoms with E-state index in [1.54, 1.807) is 0 Å². The first-order valence-corrected chi connectivity index (χ1v) is 7.24. The summed E-state index contributed by atoms with van der Waals surface area (Å²) in [6, 6.07) is 10.4. The van der Waals surface area contributed by atoms with Crippen LogP contribution in [0.1, 0.15) is 18.4 Å². The number of hydrogen-bond acceptors (Lipinski definition) is 4. The van der Waals surface area contributed by atoms with Crippen LogP contribution in [-0.2, 0) is 6.42 Å². The van der Waals surface area contributed by atoms with Crippen molar-refractivity contribution in [3.05, 3.63) is 42.1 Å². The average Bonchev–Trinajstić information content (AvgIpc) is 3.03. The molecule has 1 aromatic heterocycles. The van der Waals surface area contributed by atoms with E-state index < -0.39 is 0 Å². The van der Waals surface area contributed by atoms with Crippen LogP contribution in [0.15, 0.2) is 36.5 Å². The van der Waals surface area contributed by atoms with Crippen LogP contribution in [0.25, 0.3) is 11.3 Å². The van der Waals surface area contributed by atoms with Gasteiger partial charge in [0.25, 0.3) is 0 Å². The fourth-order valence-corrected chi connectivity index (χ4v) is 2.59. The fourth-order valence-electron chi connectivity index (χ4n) is 2.59. The molecule has 1 aliphatic heterocycles. The Kier molecular flexibility index (Phi) is 3.92. The van der Waals surface area contributed by atoms with Crippen LogP contribution < -0.4 is 10.6 Å². The third-order valence-corrected chi connectivity index (χ3v) is 3.71. The van der Waals surface area contributed by atoms with E-state index in [2.05, 4.69) is 34.1 Å². The van der Waals surface area contributed by atoms with Gasteiger partial charge >= 0.3 is 0 Å². The second kappa shape index (κ2) is 6.01. The lowest BCUT2D eigenvalue weighted by Crippen LogP contribution is -2.20. The van der Waals surface area contributed by atoms with Crippen molar-refractivity contribution >= 4 is 5.95 Å². The number of rotatable bonds is 4. The molecule has 0 bridgehead atoms. The van der Waals surface area contributed by atoms with E-state index in [0.29, 0.717) is 6.54 Å². The van der Waals surface area contributed by atoms with Gasteiger partial charge in [-0.1, -0.05) is 24.3 Å². The monoisotopic (exact) mass is 268 g/mol. The number of benzene rings is 1. The second-order valence-corrected chi connectivity index (χ2v) is 5.17. The van der Waals surface area contributed by atoms with E-state index in [0.717, 1.165) is 36.7 Å². The quantitative estimate of drug-likeness (QED) is 0.924. The van der Waals surface area contributed by atoms with Gasteiger partial charge in [0, 0.05) is 24.8 Å². The van der Waals surface area contributed by atoms with Gasteiger partial charge in [-0.2, -0.15) is 0 Å². The number of anilines is 1. The lowest BCUT2D eigenvalue weighted by molar-refractivity contribution is 0.900. The fraction of sp³-hybridized carbons (Fsp3) is 0.375. The maximum absolute atomic E-state index is 5.57. The summed E-state index contributed by atoms with van der Waals surface area (Å²) in [6.07, 6.45) is 5.25. The number of nitrogens with two attached hydrogens (primary N) is 1. The van der Waals surface area contributed by atoms with E-state index in [-0.39, 0.29) is 0 Å². The summed E-state index contributed by atoms with van der Waals surface area (Å²) >= 11 is 0. The molecule has 3 rings (SSSR count). The van der Waals surface area contributed by atoms with Gasteiger partial charge in [-0.05, 0) is 37.4 Å². The lowest BCUT2D eigenvalue weighted by Gasteiger charge is -2.15. The SMILES string of the molecule is NCCc1ccc(-c2ccnc(N3CCCC3)n2)cc1. The second-order valence-electron chi connectivity index (χ2n) is 5.17. The topological polar surface area (TPSA) is 55.0 Å². The first-order valence-electron chi connectivity index (χ1n) is 7.24. The highest BCUT2D eigenvalue weighted by Crippen LogP contribution is 2.21. The molecule has 2 N–H and O–H groups in total. The highest BCUT2D eigenvalue weighted by atomic mass is 15.3. The molecule has 2 heterocycles. The minimum absolute atomic E-state index is 0.686. The van der Waals surface area contributed by atoms with Gasteiger partial charge in [0.05, 0.1) is 5.69 Å². The van der Waals surface area contributed by atoms with Gasteiger partial charge < -0.3 is 10.6 Å². The zero-order chi connectivity index (χ0) is 13.8. The molecule has 2 aromatic rings. The first-order chi connectivity index (χ1) is 9.86. The average molecular weight is 268 g/mol. The Bertz CT molecular complexity index is 559. The Hall–Kier alpha value is -1.94. The van der Waals surface area contributed by atoms with E-state index in [1.807, 2.05) is 12.3 Å². The highest BCUT2D eigenvalue weighted by molar-refractivity contribution is 5.60. The first kappa shape index (κ1) is 13.1. The molecule has 1 aromatic carbocycles. The molecular weight excluding hydrogens is 248 g/mol. The van der Waals surface area contributed by atoms with E-state index in [1.165, 1.54) is 18.4 Å². The standard InChI is InChI=1S/C16H20N4/c17-9-7-13-3-5-14(6-4-13)15-8-10-18-16(19-15)20-11-1-2-12-20/h3-6,8,10H,1-2,7,9,11-12,17H2. The van der Waals surface area contributed by atoms with Crippen LogP contribution in [0.3, 0.4) is 0 Å². The van der Waals surface area contributed by atoms with Crippen LogP contribution in [0.2, 0.25) is 0 Å². The molecule has 0 saturated carbocycles. The Labute approximate surface area is 119 Å². The molecule has 0 amide bonds. The third kappa shape index (κ3) is 2.80. The summed E-state index contributed by atoms with van der Waals surface area (Å²) < 4.78 is 0. The molecule has 1 fully saturated rings. The summed E-state index contributed by atoms with van der Waals surface area (Å²) in [5.41, 5.74) is 8.96. The molecule has 0 spiro atoms. The summed E-state index contributed by atoms with van der Waals surface area (Å²) in [6.45, 7) is 2.82. The van der Waals surface area contributed by atoms with Gasteiger partial charge in [0.2, 0.25) is 5.95 Å². The zero-order valence-electron chi connectivity index (χ0n) is 11.6. The zero-order valence-corrected chi connectivity index (χ0v) is 11.6. The molecular formula is C16H20N4. The summed E-state index contributed by atoms with van der Waals surface area (Å²) in [5.74, 6) is 0.853. The Morgan fingerprint density at radius 2 is 1.80 bits per heavy atom. The van der Waals surface area contributed by atoms with Crippen LogP contribution in [0, 0.1) is 0 Å². The molecule has 20 heavy (non-hydrogen) atoms. The van der Waals surface area contributed by atoms with Crippen molar-refractivity contribution in [2.75, 3.05) is 24.5 Å². The predicted molar refractivity (Wildman–Crippen MR) is 81.7 cm³/mol. The maximum atomic E-state index is 5.57. The van der Waals surface area contributed by atoms with E-state index in [9.17, 15) is 0 Å². The third-order valence-electron chi connectivity index (χ3n) is 3.71. The Morgan fingerprint density at radius 3 is 2.50 bits per heavy atom. The van der Waals surface area contributed by atoms with E-state index >= 15 is 0 Å². The molecule has 1 aliphatic rings. The van der Waals surface area contributed by atoms with Crippen molar-refractivity contribution in [1.29, 1.82) is 0 Å². The molecule has 0 aliphatic carbocycles. The molecule has 0 atom stereocenters. The normalized spacial score (nSPS) is 14.8. The van der Waals surface area contributed by atoms with Crippen LogP contribution in [0.4, 0.5) is 5.95 Å². The molecule has 1 saturated heterocycles. The van der Waals surface area contributed by atoms with Crippen LogP contribution >= 0.6 is 0 Å². The summed E-state index contributed by atoms with van der Waals surface area (Å²) in [5, 5.41) is 0.